The van der Waals surface area contributed by atoms with Crippen LogP contribution in [0, 0.1) is 0 Å². The molecule has 124 valence electrons. The summed E-state index contributed by atoms with van der Waals surface area (Å²) in [4.78, 5) is 8.35. The summed E-state index contributed by atoms with van der Waals surface area (Å²) in [6.45, 7) is 7.58. The lowest BCUT2D eigenvalue weighted by Crippen LogP contribution is -2.41. The van der Waals surface area contributed by atoms with Gasteiger partial charge in [-0.05, 0) is 57.5 Å². The van der Waals surface area contributed by atoms with Gasteiger partial charge in [-0.2, -0.15) is 0 Å². The molecule has 0 spiro atoms. The molecule has 1 fully saturated rings. The van der Waals surface area contributed by atoms with Crippen LogP contribution in [0.3, 0.4) is 0 Å². The van der Waals surface area contributed by atoms with Gasteiger partial charge in [0.25, 0.3) is 0 Å². The van der Waals surface area contributed by atoms with E-state index in [1.54, 1.807) is 18.6 Å². The minimum atomic E-state index is -0.991. The van der Waals surface area contributed by atoms with Crippen LogP contribution < -0.4 is 0 Å². The molecule has 24 heavy (non-hydrogen) atoms. The SMILES string of the molecule is CC1(C)OB(C(F)=Cc2ccc(-c3ccncc3)nc2)OC1(C)C. The highest BCUT2D eigenvalue weighted by Crippen LogP contribution is 2.39. The zero-order chi connectivity index (χ0) is 17.4. The van der Waals surface area contributed by atoms with Crippen LogP contribution in [-0.2, 0) is 9.31 Å². The summed E-state index contributed by atoms with van der Waals surface area (Å²) in [5.74, 6) is 0. The van der Waals surface area contributed by atoms with Crippen molar-refractivity contribution in [1.29, 1.82) is 0 Å². The normalized spacial score (nSPS) is 19.5. The van der Waals surface area contributed by atoms with Crippen LogP contribution in [0.5, 0.6) is 0 Å². The molecule has 3 heterocycles. The number of hydrogen-bond donors (Lipinski definition) is 0. The van der Waals surface area contributed by atoms with Crippen LogP contribution in [0.25, 0.3) is 17.3 Å². The van der Waals surface area contributed by atoms with Gasteiger partial charge < -0.3 is 9.31 Å². The second-order valence-electron chi connectivity index (χ2n) is 6.83. The van der Waals surface area contributed by atoms with E-state index in [1.165, 1.54) is 6.08 Å². The van der Waals surface area contributed by atoms with Crippen LogP contribution in [0.2, 0.25) is 0 Å². The fourth-order valence-corrected chi connectivity index (χ4v) is 2.37. The molecule has 2 aromatic heterocycles. The average molecular weight is 326 g/mol. The largest absolute Gasteiger partial charge is 0.525 e. The van der Waals surface area contributed by atoms with Gasteiger partial charge in [0.05, 0.1) is 16.9 Å². The summed E-state index contributed by atoms with van der Waals surface area (Å²) in [7, 11) is -0.991. The van der Waals surface area contributed by atoms with Crippen LogP contribution in [0.4, 0.5) is 4.39 Å². The number of rotatable bonds is 3. The topological polar surface area (TPSA) is 44.2 Å². The van der Waals surface area contributed by atoms with Crippen molar-refractivity contribution in [3.05, 3.63) is 54.1 Å². The van der Waals surface area contributed by atoms with Crippen LogP contribution in [-0.4, -0.2) is 28.3 Å². The molecular formula is C18H20BFN2O2. The molecule has 3 rings (SSSR count). The molecule has 1 aliphatic heterocycles. The molecule has 0 radical (unpaired) electrons. The Morgan fingerprint density at radius 3 is 2.21 bits per heavy atom. The summed E-state index contributed by atoms with van der Waals surface area (Å²) in [5.41, 5.74) is 0.836. The van der Waals surface area contributed by atoms with Gasteiger partial charge in [-0.25, -0.2) is 4.39 Å². The molecule has 0 atom stereocenters. The summed E-state index contributed by atoms with van der Waals surface area (Å²) >= 11 is 0. The van der Waals surface area contributed by atoms with Crippen molar-refractivity contribution < 1.29 is 13.7 Å². The average Bonchev–Trinajstić information content (AvgIpc) is 2.77. The van der Waals surface area contributed by atoms with Crippen molar-refractivity contribution in [2.24, 2.45) is 0 Å². The van der Waals surface area contributed by atoms with Gasteiger partial charge in [0.2, 0.25) is 0 Å². The predicted octanol–water partition coefficient (Wildman–Crippen LogP) is 4.09. The van der Waals surface area contributed by atoms with E-state index < -0.39 is 24.0 Å². The minimum Gasteiger partial charge on any atom is -0.398 e. The Bertz CT molecular complexity index is 729. The van der Waals surface area contributed by atoms with Crippen LogP contribution in [0.1, 0.15) is 33.3 Å². The highest BCUT2D eigenvalue weighted by atomic mass is 19.1. The smallest absolute Gasteiger partial charge is 0.398 e. The van der Waals surface area contributed by atoms with Crippen LogP contribution >= 0.6 is 0 Å². The van der Waals surface area contributed by atoms with E-state index in [1.807, 2.05) is 52.0 Å². The maximum atomic E-state index is 14.5. The zero-order valence-corrected chi connectivity index (χ0v) is 14.3. The number of nitrogens with zero attached hydrogens (tertiary/aromatic N) is 2. The molecule has 4 nitrogen and oxygen atoms in total. The Kier molecular flexibility index (Phi) is 4.28. The van der Waals surface area contributed by atoms with E-state index in [0.717, 1.165) is 11.3 Å². The zero-order valence-electron chi connectivity index (χ0n) is 14.3. The van der Waals surface area contributed by atoms with Crippen molar-refractivity contribution in [2.45, 2.75) is 38.9 Å². The summed E-state index contributed by atoms with van der Waals surface area (Å²) in [6.07, 6.45) is 6.44. The van der Waals surface area contributed by atoms with E-state index in [2.05, 4.69) is 9.97 Å². The molecule has 6 heteroatoms. The molecule has 0 saturated carbocycles. The van der Waals surface area contributed by atoms with Crippen molar-refractivity contribution in [3.8, 4) is 11.3 Å². The van der Waals surface area contributed by atoms with Gasteiger partial charge >= 0.3 is 7.12 Å². The third-order valence-corrected chi connectivity index (χ3v) is 4.55. The standard InChI is InChI=1S/C18H20BFN2O2/c1-17(2)18(3,4)24-19(23-17)16(20)11-13-5-6-15(22-12-13)14-7-9-21-10-8-14/h5-12H,1-4H3. The molecule has 1 aliphatic rings. The fraction of sp³-hybridized carbons (Fsp3) is 0.333. The molecular weight excluding hydrogens is 306 g/mol. The summed E-state index contributed by atoms with van der Waals surface area (Å²) < 4.78 is 25.9. The Morgan fingerprint density at radius 2 is 1.67 bits per heavy atom. The van der Waals surface area contributed by atoms with E-state index >= 15 is 0 Å². The van der Waals surface area contributed by atoms with Gasteiger partial charge in [-0.1, -0.05) is 6.07 Å². The van der Waals surface area contributed by atoms with Gasteiger partial charge in [0, 0.05) is 24.2 Å². The first-order chi connectivity index (χ1) is 11.3. The lowest BCUT2D eigenvalue weighted by atomic mass is 9.87. The fourth-order valence-electron chi connectivity index (χ4n) is 2.37. The van der Waals surface area contributed by atoms with Crippen molar-refractivity contribution in [3.63, 3.8) is 0 Å². The summed E-state index contributed by atoms with van der Waals surface area (Å²) in [6, 6.07) is 7.41. The first kappa shape index (κ1) is 16.8. The Balaban J connectivity index is 1.77. The van der Waals surface area contributed by atoms with Crippen molar-refractivity contribution in [1.82, 2.24) is 9.97 Å². The first-order valence-corrected chi connectivity index (χ1v) is 7.88. The maximum absolute atomic E-state index is 14.5. The summed E-state index contributed by atoms with van der Waals surface area (Å²) in [5, 5.41) is 0. The predicted molar refractivity (Wildman–Crippen MR) is 92.6 cm³/mol. The van der Waals surface area contributed by atoms with Gasteiger partial charge in [0.1, 0.15) is 5.73 Å². The minimum absolute atomic E-state index is 0.466. The van der Waals surface area contributed by atoms with Gasteiger partial charge in [0.15, 0.2) is 0 Å². The van der Waals surface area contributed by atoms with Gasteiger partial charge in [-0.3, -0.25) is 9.97 Å². The second-order valence-corrected chi connectivity index (χ2v) is 6.83. The van der Waals surface area contributed by atoms with Crippen molar-refractivity contribution >= 4 is 13.2 Å². The van der Waals surface area contributed by atoms with Crippen molar-refractivity contribution in [2.75, 3.05) is 0 Å². The Hall–Kier alpha value is -2.05. The van der Waals surface area contributed by atoms with E-state index in [9.17, 15) is 4.39 Å². The highest BCUT2D eigenvalue weighted by molar-refractivity contribution is 6.54. The molecule has 0 N–H and O–H groups in total. The Labute approximate surface area is 141 Å². The Morgan fingerprint density at radius 1 is 1.04 bits per heavy atom. The molecule has 0 unspecified atom stereocenters. The second kappa shape index (κ2) is 6.11. The molecule has 0 aliphatic carbocycles. The number of pyridine rings is 2. The lowest BCUT2D eigenvalue weighted by Gasteiger charge is -2.32. The molecule has 0 bridgehead atoms. The maximum Gasteiger partial charge on any atom is 0.525 e. The monoisotopic (exact) mass is 326 g/mol. The number of aromatic nitrogens is 2. The molecule has 1 saturated heterocycles. The van der Waals surface area contributed by atoms with E-state index in [0.29, 0.717) is 5.56 Å². The third kappa shape index (κ3) is 3.25. The highest BCUT2D eigenvalue weighted by Gasteiger charge is 2.53. The van der Waals surface area contributed by atoms with E-state index in [-0.39, 0.29) is 0 Å². The third-order valence-electron chi connectivity index (χ3n) is 4.55. The molecule has 0 aromatic carbocycles. The van der Waals surface area contributed by atoms with Crippen LogP contribution in [0.15, 0.2) is 48.6 Å². The lowest BCUT2D eigenvalue weighted by molar-refractivity contribution is 0.00578. The quantitative estimate of drug-likeness (QED) is 0.797. The number of halogens is 1. The number of hydrogen-bond acceptors (Lipinski definition) is 4. The molecule has 2 aromatic rings. The van der Waals surface area contributed by atoms with Gasteiger partial charge in [-0.15, -0.1) is 0 Å². The first-order valence-electron chi connectivity index (χ1n) is 7.88. The molecule has 0 amide bonds. The van der Waals surface area contributed by atoms with E-state index in [4.69, 9.17) is 9.31 Å².